The van der Waals surface area contributed by atoms with Crippen LogP contribution in [-0.4, -0.2) is 36.3 Å². The van der Waals surface area contributed by atoms with Gasteiger partial charge in [0.15, 0.2) is 0 Å². The molecular weight excluding hydrogens is 443 g/mol. The smallest absolute Gasteiger partial charge is 0.415 e. The van der Waals surface area contributed by atoms with E-state index in [-0.39, 0.29) is 17.3 Å². The van der Waals surface area contributed by atoms with Crippen molar-refractivity contribution in [3.63, 3.8) is 0 Å². The molecule has 0 radical (unpaired) electrons. The fourth-order valence-electron chi connectivity index (χ4n) is 4.77. The Hall–Kier alpha value is -3.87. The maximum atomic E-state index is 13.9. The Balaban J connectivity index is 1.46. The Morgan fingerprint density at radius 1 is 1.41 bits per heavy atom. The zero-order valence-corrected chi connectivity index (χ0v) is 18.8. The second kappa shape index (κ2) is 9.55. The Morgan fingerprint density at radius 3 is 2.97 bits per heavy atom. The molecule has 2 aromatic rings. The van der Waals surface area contributed by atoms with Gasteiger partial charge < -0.3 is 14.8 Å². The molecule has 1 heterocycles. The third-order valence-corrected chi connectivity index (χ3v) is 6.28. The fourth-order valence-corrected chi connectivity index (χ4v) is 4.77. The van der Waals surface area contributed by atoms with Crippen molar-refractivity contribution in [3.8, 4) is 5.75 Å². The molecule has 1 aliphatic heterocycles. The summed E-state index contributed by atoms with van der Waals surface area (Å²) in [5.41, 5.74) is -0.512. The van der Waals surface area contributed by atoms with Gasteiger partial charge in [-0.2, -0.15) is 0 Å². The molecule has 1 N–H and O–H groups in total. The maximum Gasteiger partial charge on any atom is 0.415 e. The van der Waals surface area contributed by atoms with E-state index in [1.54, 1.807) is 4.90 Å². The molecule has 178 valence electrons. The molecule has 34 heavy (non-hydrogen) atoms. The maximum absolute atomic E-state index is 13.9. The van der Waals surface area contributed by atoms with Crippen LogP contribution in [0.3, 0.4) is 0 Å². The highest BCUT2D eigenvalue weighted by Gasteiger charge is 2.48. The summed E-state index contributed by atoms with van der Waals surface area (Å²) in [6, 6.07) is 9.26. The topological polar surface area (TPSA) is 98.3 Å². The third kappa shape index (κ3) is 4.73. The highest BCUT2D eigenvalue weighted by Crippen LogP contribution is 2.42. The number of nitrogens with zero attached hydrogens (tertiary/aromatic N) is 3. The highest BCUT2D eigenvalue weighted by molar-refractivity contribution is 5.90. The number of anilines is 2. The molecule has 10 heteroatoms. The molecule has 2 atom stereocenters. The number of carbonyl (C=O) groups is 1. The molecule has 2 aromatic carbocycles. The van der Waals surface area contributed by atoms with E-state index in [1.165, 1.54) is 6.07 Å². The summed E-state index contributed by atoms with van der Waals surface area (Å²) in [4.78, 5) is 28.1. The molecule has 0 bridgehead atoms. The summed E-state index contributed by atoms with van der Waals surface area (Å²) in [5.74, 6) is -0.160. The van der Waals surface area contributed by atoms with E-state index in [4.69, 9.17) is 16.0 Å². The van der Waals surface area contributed by atoms with Crippen LogP contribution in [0.1, 0.15) is 32.6 Å². The van der Waals surface area contributed by atoms with Gasteiger partial charge in [0.1, 0.15) is 22.9 Å². The molecular formula is C24H25FN4O5. The van der Waals surface area contributed by atoms with Gasteiger partial charge in [-0.3, -0.25) is 15.0 Å². The molecule has 9 nitrogen and oxygen atoms in total. The lowest BCUT2D eigenvalue weighted by molar-refractivity contribution is -0.384. The number of nitro benzene ring substituents is 1. The summed E-state index contributed by atoms with van der Waals surface area (Å²) in [5, 5.41) is 14.4. The van der Waals surface area contributed by atoms with E-state index in [0.717, 1.165) is 25.3 Å². The van der Waals surface area contributed by atoms with Crippen LogP contribution >= 0.6 is 0 Å². The van der Waals surface area contributed by atoms with Crippen molar-refractivity contribution < 1.29 is 23.6 Å². The first-order valence-electron chi connectivity index (χ1n) is 11.2. The van der Waals surface area contributed by atoms with Gasteiger partial charge >= 0.3 is 6.09 Å². The number of carbonyl (C=O) groups excluding carboxylic acids is 1. The van der Waals surface area contributed by atoms with Crippen LogP contribution < -0.4 is 15.0 Å². The lowest BCUT2D eigenvalue weighted by Crippen LogP contribution is -2.41. The number of halogens is 1. The predicted octanol–water partition coefficient (Wildman–Crippen LogP) is 5.68. The van der Waals surface area contributed by atoms with E-state index in [1.807, 2.05) is 31.2 Å². The zero-order chi connectivity index (χ0) is 24.3. The van der Waals surface area contributed by atoms with Crippen molar-refractivity contribution in [2.45, 2.75) is 38.2 Å². The number of nitro groups is 1. The van der Waals surface area contributed by atoms with Crippen LogP contribution in [-0.2, 0) is 4.74 Å². The van der Waals surface area contributed by atoms with Crippen molar-refractivity contribution in [2.75, 3.05) is 29.9 Å². The molecule has 2 fully saturated rings. The first-order chi connectivity index (χ1) is 16.3. The lowest BCUT2D eigenvalue weighted by Gasteiger charge is -2.36. The number of nitrogens with one attached hydrogen (secondary N) is 1. The standard InChI is InChI=1S/C24H25FN4O5/c1-3-33-18-8-4-7-17(10-18)28-15-24(34-23(28)30)9-5-6-16(13-24)14-27-21-12-20(26-2)19(25)11-22(21)29(31)32/h4,7-8,10-12,16,27H,3,5-6,9,13-15H2,1H3/t16-,24?/m0/s1. The van der Waals surface area contributed by atoms with E-state index in [2.05, 4.69) is 10.2 Å². The van der Waals surface area contributed by atoms with Gasteiger partial charge in [0.25, 0.3) is 5.69 Å². The van der Waals surface area contributed by atoms with Gasteiger partial charge in [0, 0.05) is 18.7 Å². The van der Waals surface area contributed by atoms with E-state index in [9.17, 15) is 19.3 Å². The monoisotopic (exact) mass is 468 g/mol. The van der Waals surface area contributed by atoms with E-state index >= 15 is 0 Å². The molecule has 1 amide bonds. The predicted molar refractivity (Wildman–Crippen MR) is 124 cm³/mol. The highest BCUT2D eigenvalue weighted by atomic mass is 19.1. The Morgan fingerprint density at radius 2 is 2.24 bits per heavy atom. The third-order valence-electron chi connectivity index (χ3n) is 6.28. The quantitative estimate of drug-likeness (QED) is 0.319. The van der Waals surface area contributed by atoms with Crippen molar-refractivity contribution in [3.05, 3.63) is 63.7 Å². The average molecular weight is 468 g/mol. The minimum atomic E-state index is -0.921. The summed E-state index contributed by atoms with van der Waals surface area (Å²) in [6.07, 6.45) is 2.62. The first kappa shape index (κ1) is 23.3. The van der Waals surface area contributed by atoms with E-state index < -0.39 is 28.1 Å². The van der Waals surface area contributed by atoms with Gasteiger partial charge in [-0.25, -0.2) is 14.0 Å². The number of hydrogen-bond acceptors (Lipinski definition) is 6. The molecule has 2 aliphatic rings. The number of hydrogen-bond donors (Lipinski definition) is 1. The summed E-state index contributed by atoms with van der Waals surface area (Å²) in [7, 11) is 0. The fraction of sp³-hybridized carbons (Fsp3) is 0.417. The molecule has 0 aromatic heterocycles. The normalized spacial score (nSPS) is 21.7. The largest absolute Gasteiger partial charge is 0.494 e. The Labute approximate surface area is 196 Å². The molecule has 1 aliphatic carbocycles. The Kier molecular flexibility index (Phi) is 6.54. The minimum Gasteiger partial charge on any atom is -0.494 e. The van der Waals surface area contributed by atoms with Crippen LogP contribution in [0, 0.1) is 28.4 Å². The van der Waals surface area contributed by atoms with Crippen LogP contribution in [0.15, 0.2) is 36.4 Å². The zero-order valence-electron chi connectivity index (χ0n) is 18.8. The molecule has 1 saturated carbocycles. The van der Waals surface area contributed by atoms with Crippen LogP contribution in [0.25, 0.3) is 4.85 Å². The molecule has 1 unspecified atom stereocenters. The summed E-state index contributed by atoms with van der Waals surface area (Å²) in [6.45, 7) is 10.3. The van der Waals surface area contributed by atoms with Crippen LogP contribution in [0.4, 0.5) is 31.9 Å². The van der Waals surface area contributed by atoms with Gasteiger partial charge in [0.2, 0.25) is 5.69 Å². The first-order valence-corrected chi connectivity index (χ1v) is 11.2. The SMILES string of the molecule is [C-]#[N+]c1cc(NC[C@H]2CCCC3(C2)CN(c2cccc(OCC)c2)C(=O)O3)c([N+](=O)[O-])cc1F. The molecule has 1 saturated heterocycles. The van der Waals surface area contributed by atoms with Gasteiger partial charge in [-0.15, -0.1) is 0 Å². The number of rotatable bonds is 7. The summed E-state index contributed by atoms with van der Waals surface area (Å²) >= 11 is 0. The number of ether oxygens (including phenoxy) is 2. The van der Waals surface area contributed by atoms with Gasteiger partial charge in [-0.1, -0.05) is 6.07 Å². The average Bonchev–Trinajstić information content (AvgIpc) is 3.13. The molecule has 1 spiro atoms. The molecule has 4 rings (SSSR count). The van der Waals surface area contributed by atoms with Crippen LogP contribution in [0.5, 0.6) is 5.75 Å². The Bertz CT molecular complexity index is 1150. The van der Waals surface area contributed by atoms with Crippen molar-refractivity contribution in [2.24, 2.45) is 5.92 Å². The second-order valence-corrected chi connectivity index (χ2v) is 8.60. The second-order valence-electron chi connectivity index (χ2n) is 8.60. The van der Waals surface area contributed by atoms with Gasteiger partial charge in [0.05, 0.1) is 30.3 Å². The summed E-state index contributed by atoms with van der Waals surface area (Å²) < 4.78 is 25.3. The van der Waals surface area contributed by atoms with Crippen molar-refractivity contribution in [1.82, 2.24) is 0 Å². The van der Waals surface area contributed by atoms with Crippen molar-refractivity contribution >= 4 is 28.8 Å². The number of amides is 1. The number of benzene rings is 2. The lowest BCUT2D eigenvalue weighted by atomic mass is 9.78. The minimum absolute atomic E-state index is 0.0808. The van der Waals surface area contributed by atoms with Gasteiger partial charge in [-0.05, 0) is 56.7 Å². The van der Waals surface area contributed by atoms with Crippen molar-refractivity contribution in [1.29, 1.82) is 0 Å². The van der Waals surface area contributed by atoms with Crippen LogP contribution in [0.2, 0.25) is 0 Å². The van der Waals surface area contributed by atoms with E-state index in [0.29, 0.717) is 37.6 Å².